The number of ketones is 1. The number of hydrogen-bond donors (Lipinski definition) is 0. The van der Waals surface area contributed by atoms with Gasteiger partial charge in [-0.25, -0.2) is 0 Å². The minimum Gasteiger partial charge on any atom is -0.293 e. The molecule has 0 aromatic carbocycles. The molecule has 1 rings (SSSR count). The second-order valence-electron chi connectivity index (χ2n) is 11.9. The summed E-state index contributed by atoms with van der Waals surface area (Å²) >= 11 is 1.79. The zero-order valence-electron chi connectivity index (χ0n) is 25.6. The predicted molar refractivity (Wildman–Crippen MR) is 168 cm³/mol. The fourth-order valence-electron chi connectivity index (χ4n) is 5.50. The molecule has 0 saturated carbocycles. The van der Waals surface area contributed by atoms with E-state index in [0.717, 1.165) is 17.7 Å². The highest BCUT2D eigenvalue weighted by atomic mass is 32.1. The van der Waals surface area contributed by atoms with Crippen LogP contribution < -0.4 is 0 Å². The van der Waals surface area contributed by atoms with Crippen LogP contribution >= 0.6 is 11.3 Å². The van der Waals surface area contributed by atoms with Gasteiger partial charge >= 0.3 is 0 Å². The van der Waals surface area contributed by atoms with Crippen LogP contribution in [0.3, 0.4) is 0 Å². The van der Waals surface area contributed by atoms with Crippen LogP contribution in [-0.2, 0) is 6.42 Å². The summed E-state index contributed by atoms with van der Waals surface area (Å²) in [5.41, 5.74) is 1.35. The van der Waals surface area contributed by atoms with Crippen molar-refractivity contribution in [3.63, 3.8) is 0 Å². The molecule has 216 valence electrons. The van der Waals surface area contributed by atoms with Gasteiger partial charge in [-0.2, -0.15) is 0 Å². The molecular formula is C35H64OS. The summed E-state index contributed by atoms with van der Waals surface area (Å²) in [6.07, 6.45) is 34.0. The molecule has 1 nitrogen and oxygen atoms in total. The van der Waals surface area contributed by atoms with Gasteiger partial charge in [-0.1, -0.05) is 162 Å². The van der Waals surface area contributed by atoms with Gasteiger partial charge in [-0.05, 0) is 37.8 Å². The molecule has 0 aliphatic rings. The Kier molecular flexibility index (Phi) is 22.7. The molecule has 0 spiro atoms. The Morgan fingerprint density at radius 1 is 0.622 bits per heavy atom. The minimum atomic E-state index is 0.177. The van der Waals surface area contributed by atoms with E-state index < -0.39 is 0 Å². The largest absolute Gasteiger partial charge is 0.293 e. The van der Waals surface area contributed by atoms with E-state index in [1.165, 1.54) is 158 Å². The van der Waals surface area contributed by atoms with Crippen molar-refractivity contribution in [2.24, 2.45) is 5.92 Å². The van der Waals surface area contributed by atoms with Crippen molar-refractivity contribution in [1.82, 2.24) is 0 Å². The second kappa shape index (κ2) is 24.4. The molecule has 0 radical (unpaired) electrons. The van der Waals surface area contributed by atoms with Crippen LogP contribution in [0, 0.1) is 12.8 Å². The number of Topliss-reactive ketones (excluding diaryl/α,β-unsaturated/α-hetero) is 1. The Labute approximate surface area is 237 Å². The molecule has 0 fully saturated rings. The average Bonchev–Trinajstić information content (AvgIpc) is 3.27. The van der Waals surface area contributed by atoms with Gasteiger partial charge in [0.2, 0.25) is 0 Å². The summed E-state index contributed by atoms with van der Waals surface area (Å²) in [6.45, 7) is 8.94. The van der Waals surface area contributed by atoms with Crippen molar-refractivity contribution in [1.29, 1.82) is 0 Å². The molecule has 0 amide bonds. The van der Waals surface area contributed by atoms with Crippen LogP contribution in [0.25, 0.3) is 0 Å². The first kappa shape index (κ1) is 34.4. The molecular weight excluding hydrogens is 468 g/mol. The molecule has 2 heteroatoms. The molecule has 1 heterocycles. The Balaban J connectivity index is 2.07. The third-order valence-electron chi connectivity index (χ3n) is 8.21. The van der Waals surface area contributed by atoms with Gasteiger partial charge in [-0.3, -0.25) is 4.79 Å². The quantitative estimate of drug-likeness (QED) is 0.0813. The lowest BCUT2D eigenvalue weighted by molar-refractivity contribution is 0.0926. The van der Waals surface area contributed by atoms with Crippen molar-refractivity contribution in [2.45, 2.75) is 188 Å². The van der Waals surface area contributed by atoms with Gasteiger partial charge in [0.05, 0.1) is 4.88 Å². The SMILES string of the molecule is CCCCCCCCCCCCCCC(C)C(=O)c1cc(C)c(CCCCCCCCCCCCC)s1. The summed E-state index contributed by atoms with van der Waals surface area (Å²) in [7, 11) is 0. The zero-order chi connectivity index (χ0) is 27.0. The predicted octanol–water partition coefficient (Wildman–Crippen LogP) is 12.8. The van der Waals surface area contributed by atoms with Gasteiger partial charge in [0.25, 0.3) is 0 Å². The van der Waals surface area contributed by atoms with Crippen molar-refractivity contribution in [3.05, 3.63) is 21.4 Å². The maximum Gasteiger partial charge on any atom is 0.175 e. The van der Waals surface area contributed by atoms with E-state index in [-0.39, 0.29) is 5.92 Å². The van der Waals surface area contributed by atoms with E-state index in [0.29, 0.717) is 5.78 Å². The molecule has 0 bridgehead atoms. The van der Waals surface area contributed by atoms with E-state index in [4.69, 9.17) is 0 Å². The number of hydrogen-bond acceptors (Lipinski definition) is 2. The van der Waals surface area contributed by atoms with Gasteiger partial charge in [0, 0.05) is 10.8 Å². The van der Waals surface area contributed by atoms with Gasteiger partial charge in [0.1, 0.15) is 0 Å². The average molecular weight is 533 g/mol. The summed E-state index contributed by atoms with van der Waals surface area (Å²) < 4.78 is 0. The molecule has 1 aromatic rings. The van der Waals surface area contributed by atoms with Crippen LogP contribution in [0.15, 0.2) is 6.07 Å². The van der Waals surface area contributed by atoms with Crippen LogP contribution in [0.5, 0.6) is 0 Å². The standard InChI is InChI=1S/C35H64OS/c1-5-7-9-11-13-15-17-19-20-22-24-26-28-31(3)35(36)34-30-32(4)33(37-34)29-27-25-23-21-18-16-14-12-10-8-6-2/h30-31H,5-29H2,1-4H3. The number of carbonyl (C=O) groups excluding carboxylic acids is 1. The van der Waals surface area contributed by atoms with Crippen molar-refractivity contribution >= 4 is 17.1 Å². The van der Waals surface area contributed by atoms with E-state index in [9.17, 15) is 4.79 Å². The third kappa shape index (κ3) is 18.3. The molecule has 1 aromatic heterocycles. The lowest BCUT2D eigenvalue weighted by Crippen LogP contribution is -2.09. The Morgan fingerprint density at radius 2 is 1.00 bits per heavy atom. The summed E-state index contributed by atoms with van der Waals surface area (Å²) in [4.78, 5) is 15.5. The summed E-state index contributed by atoms with van der Waals surface area (Å²) in [5.74, 6) is 0.567. The highest BCUT2D eigenvalue weighted by molar-refractivity contribution is 7.14. The van der Waals surface area contributed by atoms with Gasteiger partial charge < -0.3 is 0 Å². The first-order valence-electron chi connectivity index (χ1n) is 16.7. The maximum atomic E-state index is 13.0. The van der Waals surface area contributed by atoms with Crippen LogP contribution in [0.4, 0.5) is 0 Å². The highest BCUT2D eigenvalue weighted by Crippen LogP contribution is 2.28. The lowest BCUT2D eigenvalue weighted by atomic mass is 9.96. The first-order chi connectivity index (χ1) is 18.1. The van der Waals surface area contributed by atoms with Crippen molar-refractivity contribution in [3.8, 4) is 0 Å². The minimum absolute atomic E-state index is 0.177. The molecule has 0 saturated heterocycles. The van der Waals surface area contributed by atoms with Crippen LogP contribution in [0.1, 0.15) is 195 Å². The van der Waals surface area contributed by atoms with Crippen LogP contribution in [0.2, 0.25) is 0 Å². The maximum absolute atomic E-state index is 13.0. The molecule has 0 N–H and O–H groups in total. The zero-order valence-corrected chi connectivity index (χ0v) is 26.5. The van der Waals surface area contributed by atoms with E-state index in [1.807, 2.05) is 0 Å². The monoisotopic (exact) mass is 532 g/mol. The van der Waals surface area contributed by atoms with Crippen LogP contribution in [-0.4, -0.2) is 5.78 Å². The number of carbonyl (C=O) groups is 1. The molecule has 0 aliphatic heterocycles. The molecule has 1 atom stereocenters. The van der Waals surface area contributed by atoms with Crippen molar-refractivity contribution < 1.29 is 4.79 Å². The number of unbranched alkanes of at least 4 members (excludes halogenated alkanes) is 21. The fourth-order valence-corrected chi connectivity index (χ4v) is 6.77. The van der Waals surface area contributed by atoms with Gasteiger partial charge in [-0.15, -0.1) is 11.3 Å². The highest BCUT2D eigenvalue weighted by Gasteiger charge is 2.18. The Hall–Kier alpha value is -0.630. The van der Waals surface area contributed by atoms with E-state index in [2.05, 4.69) is 33.8 Å². The third-order valence-corrected chi connectivity index (χ3v) is 9.52. The number of thiophene rings is 1. The number of aryl methyl sites for hydroxylation is 2. The molecule has 1 unspecified atom stereocenters. The smallest absolute Gasteiger partial charge is 0.175 e. The second-order valence-corrected chi connectivity index (χ2v) is 13.1. The molecule has 0 aliphatic carbocycles. The fraction of sp³-hybridized carbons (Fsp3) is 0.857. The van der Waals surface area contributed by atoms with E-state index >= 15 is 0 Å². The first-order valence-corrected chi connectivity index (χ1v) is 17.5. The normalized spacial score (nSPS) is 12.3. The number of rotatable bonds is 27. The topological polar surface area (TPSA) is 17.1 Å². The lowest BCUT2D eigenvalue weighted by Gasteiger charge is -2.09. The summed E-state index contributed by atoms with van der Waals surface area (Å²) in [6, 6.07) is 2.18. The van der Waals surface area contributed by atoms with Crippen molar-refractivity contribution in [2.75, 3.05) is 0 Å². The van der Waals surface area contributed by atoms with E-state index in [1.54, 1.807) is 11.3 Å². The summed E-state index contributed by atoms with van der Waals surface area (Å²) in [5, 5.41) is 0. The Morgan fingerprint density at radius 3 is 1.43 bits per heavy atom. The van der Waals surface area contributed by atoms with Gasteiger partial charge in [0.15, 0.2) is 5.78 Å². The molecule has 37 heavy (non-hydrogen) atoms. The Bertz CT molecular complexity index is 646.